The van der Waals surface area contributed by atoms with Gasteiger partial charge in [0, 0.05) is 12.7 Å². The van der Waals surface area contributed by atoms with Crippen LogP contribution in [-0.2, 0) is 4.74 Å². The summed E-state index contributed by atoms with van der Waals surface area (Å²) >= 11 is 1.18. The number of hydrogen-bond acceptors (Lipinski definition) is 10. The van der Waals surface area contributed by atoms with Gasteiger partial charge >= 0.3 is 0 Å². The van der Waals surface area contributed by atoms with Crippen molar-refractivity contribution in [1.82, 2.24) is 19.8 Å². The Morgan fingerprint density at radius 3 is 2.56 bits per heavy atom. The molecule has 188 valence electrons. The lowest BCUT2D eigenvalue weighted by atomic mass is 9.98. The topological polar surface area (TPSA) is 169 Å². The van der Waals surface area contributed by atoms with Crippen molar-refractivity contribution in [3.63, 3.8) is 0 Å². The van der Waals surface area contributed by atoms with E-state index in [0.717, 1.165) is 6.54 Å². The number of aliphatic hydroxyl groups excluding tert-OH is 4. The van der Waals surface area contributed by atoms with Gasteiger partial charge in [-0.15, -0.1) is 11.3 Å². The molecule has 3 heterocycles. The highest BCUT2D eigenvalue weighted by atomic mass is 32.1. The van der Waals surface area contributed by atoms with Crippen molar-refractivity contribution in [2.45, 2.75) is 44.0 Å². The van der Waals surface area contributed by atoms with E-state index in [1.165, 1.54) is 28.2 Å². The lowest BCUT2D eigenvalue weighted by Gasteiger charge is -2.40. The van der Waals surface area contributed by atoms with Crippen molar-refractivity contribution < 1.29 is 34.8 Å². The van der Waals surface area contributed by atoms with Crippen LogP contribution in [0.15, 0.2) is 17.8 Å². The van der Waals surface area contributed by atoms with Crippen LogP contribution in [0.4, 0.5) is 5.69 Å². The zero-order valence-electron chi connectivity index (χ0n) is 19.2. The molecule has 0 saturated carbocycles. The Morgan fingerprint density at radius 1 is 1.21 bits per heavy atom. The lowest BCUT2D eigenvalue weighted by Crippen LogP contribution is -2.56. The molecule has 0 unspecified atom stereocenters. The molecule has 13 heteroatoms. The number of aliphatic hydroxyl groups is 4. The third-order valence-corrected chi connectivity index (χ3v) is 6.43. The van der Waals surface area contributed by atoms with E-state index in [9.17, 15) is 30.0 Å². The minimum atomic E-state index is -1.62. The zero-order chi connectivity index (χ0) is 25.0. The Balaban J connectivity index is 1.88. The minimum Gasteiger partial charge on any atom is -0.394 e. The number of aromatic nitrogens is 2. The molecule has 0 bridgehead atoms. The number of thiazole rings is 1. The summed E-state index contributed by atoms with van der Waals surface area (Å²) in [6.07, 6.45) is -5.11. The first-order valence-corrected chi connectivity index (χ1v) is 11.7. The Morgan fingerprint density at radius 2 is 1.94 bits per heavy atom. The largest absolute Gasteiger partial charge is 0.394 e. The second-order valence-electron chi connectivity index (χ2n) is 8.37. The molecule has 5 atom stereocenters. The molecule has 3 rings (SSSR count). The van der Waals surface area contributed by atoms with E-state index in [-0.39, 0.29) is 11.4 Å². The van der Waals surface area contributed by atoms with Crippen molar-refractivity contribution in [1.29, 1.82) is 0 Å². The van der Waals surface area contributed by atoms with Crippen LogP contribution in [0.3, 0.4) is 0 Å². The van der Waals surface area contributed by atoms with Crippen LogP contribution < -0.4 is 10.6 Å². The van der Waals surface area contributed by atoms with E-state index < -0.39 is 49.1 Å². The number of carbonyl (C=O) groups is 2. The molecule has 1 saturated heterocycles. The van der Waals surface area contributed by atoms with E-state index in [2.05, 4.69) is 15.6 Å². The molecule has 0 radical (unpaired) electrons. The second-order valence-corrected chi connectivity index (χ2v) is 9.23. The molecule has 2 aromatic rings. The van der Waals surface area contributed by atoms with Gasteiger partial charge in [-0.05, 0) is 40.1 Å². The smallest absolute Gasteiger partial charge is 0.268 e. The summed E-state index contributed by atoms with van der Waals surface area (Å²) in [4.78, 5) is 32.1. The number of ether oxygens (including phenoxy) is 1. The predicted octanol–water partition coefficient (Wildman–Crippen LogP) is -0.841. The van der Waals surface area contributed by atoms with E-state index in [1.807, 2.05) is 19.0 Å². The molecule has 1 fully saturated rings. The van der Waals surface area contributed by atoms with Crippen molar-refractivity contribution in [2.24, 2.45) is 0 Å². The Hall–Kier alpha value is -2.39. The number of anilines is 1. The fraction of sp³-hybridized carbons (Fsp3) is 0.571. The summed E-state index contributed by atoms with van der Waals surface area (Å²) in [6.45, 7) is 2.25. The van der Waals surface area contributed by atoms with Crippen molar-refractivity contribution in [3.05, 3.63) is 34.0 Å². The number of aryl methyl sites for hydroxylation is 1. The monoisotopic (exact) mass is 497 g/mol. The first-order valence-electron chi connectivity index (χ1n) is 10.8. The Kier molecular flexibility index (Phi) is 8.76. The van der Waals surface area contributed by atoms with Crippen molar-refractivity contribution in [3.8, 4) is 0 Å². The number of rotatable bonds is 9. The maximum absolute atomic E-state index is 13.0. The van der Waals surface area contributed by atoms with Crippen LogP contribution in [0.5, 0.6) is 0 Å². The van der Waals surface area contributed by atoms with Crippen LogP contribution >= 0.6 is 11.3 Å². The average Bonchev–Trinajstić information content (AvgIpc) is 3.41. The van der Waals surface area contributed by atoms with Gasteiger partial charge in [0.1, 0.15) is 35.0 Å². The number of carbonyl (C=O) groups excluding carboxylic acids is 2. The SMILES string of the molecule is Cc1ncsc1C(=O)Nc1cc(C(=O)NCCCN(C)C)n([C@H]2O[C@H](CO)[C@@H](O)[C@H](O)[C@H]2O)c1. The van der Waals surface area contributed by atoms with Crippen LogP contribution in [0.2, 0.25) is 0 Å². The maximum atomic E-state index is 13.0. The van der Waals surface area contributed by atoms with Crippen LogP contribution in [0.1, 0.15) is 38.5 Å². The highest BCUT2D eigenvalue weighted by Crippen LogP contribution is 2.31. The van der Waals surface area contributed by atoms with E-state index in [0.29, 0.717) is 23.5 Å². The van der Waals surface area contributed by atoms with Crippen LogP contribution in [0, 0.1) is 6.92 Å². The molecule has 2 aromatic heterocycles. The Bertz CT molecular complexity index is 992. The van der Waals surface area contributed by atoms with E-state index >= 15 is 0 Å². The average molecular weight is 498 g/mol. The maximum Gasteiger partial charge on any atom is 0.268 e. The number of amides is 2. The quantitative estimate of drug-likeness (QED) is 0.242. The summed E-state index contributed by atoms with van der Waals surface area (Å²) in [7, 11) is 3.84. The molecule has 12 nitrogen and oxygen atoms in total. The number of hydrogen-bond donors (Lipinski definition) is 6. The van der Waals surface area contributed by atoms with Gasteiger partial charge in [0.25, 0.3) is 11.8 Å². The second kappa shape index (κ2) is 11.4. The lowest BCUT2D eigenvalue weighted by molar-refractivity contribution is -0.251. The van der Waals surface area contributed by atoms with Crippen LogP contribution in [-0.4, -0.2) is 105 Å². The molecule has 0 aliphatic carbocycles. The third kappa shape index (κ3) is 5.81. The highest BCUT2D eigenvalue weighted by molar-refractivity contribution is 7.12. The van der Waals surface area contributed by atoms with Gasteiger partial charge in [0.05, 0.1) is 23.5 Å². The fourth-order valence-electron chi connectivity index (χ4n) is 3.65. The van der Waals surface area contributed by atoms with Gasteiger partial charge in [-0.2, -0.15) is 0 Å². The van der Waals surface area contributed by atoms with Gasteiger partial charge in [0.2, 0.25) is 0 Å². The summed E-state index contributed by atoms with van der Waals surface area (Å²) in [5.74, 6) is -0.894. The van der Waals surface area contributed by atoms with E-state index in [4.69, 9.17) is 4.74 Å². The minimum absolute atomic E-state index is 0.0607. The fourth-order valence-corrected chi connectivity index (χ4v) is 4.35. The van der Waals surface area contributed by atoms with Gasteiger partial charge in [-0.1, -0.05) is 0 Å². The molecular weight excluding hydrogens is 466 g/mol. The first-order chi connectivity index (χ1) is 16.1. The molecule has 2 amide bonds. The molecule has 1 aliphatic rings. The summed E-state index contributed by atoms with van der Waals surface area (Å²) in [5.41, 5.74) is 2.43. The summed E-state index contributed by atoms with van der Waals surface area (Å²) < 4.78 is 6.90. The predicted molar refractivity (Wildman–Crippen MR) is 124 cm³/mol. The normalized spacial score (nSPS) is 24.9. The standard InChI is InChI=1S/C21H31N5O7S/c1-11-18(34-10-23-11)20(32)24-12-7-13(19(31)22-5-4-6-25(2)3)26(8-12)21-17(30)16(29)15(28)14(9-27)33-21/h7-8,10,14-17,21,27-30H,4-6,9H2,1-3H3,(H,22,31)(H,24,32)/t14-,15-,16+,17-,21+/m1/s1. The van der Waals surface area contributed by atoms with Gasteiger partial charge in [-0.3, -0.25) is 9.59 Å². The van der Waals surface area contributed by atoms with Gasteiger partial charge in [0.15, 0.2) is 6.23 Å². The Labute approximate surface area is 200 Å². The van der Waals surface area contributed by atoms with E-state index in [1.54, 1.807) is 12.4 Å². The number of nitrogens with one attached hydrogen (secondary N) is 2. The highest BCUT2D eigenvalue weighted by Gasteiger charge is 2.45. The third-order valence-electron chi connectivity index (χ3n) is 5.50. The molecule has 34 heavy (non-hydrogen) atoms. The molecule has 6 N–H and O–H groups in total. The van der Waals surface area contributed by atoms with Gasteiger partial charge < -0.3 is 45.3 Å². The van der Waals surface area contributed by atoms with Crippen molar-refractivity contribution >= 4 is 28.8 Å². The number of nitrogens with zero attached hydrogens (tertiary/aromatic N) is 3. The molecular formula is C21H31N5O7S. The van der Waals surface area contributed by atoms with Gasteiger partial charge in [-0.25, -0.2) is 4.98 Å². The molecule has 0 spiro atoms. The summed E-state index contributed by atoms with van der Waals surface area (Å²) in [5, 5.41) is 45.9. The zero-order valence-corrected chi connectivity index (χ0v) is 20.0. The summed E-state index contributed by atoms with van der Waals surface area (Å²) in [6, 6.07) is 1.43. The van der Waals surface area contributed by atoms with Crippen molar-refractivity contribution in [2.75, 3.05) is 39.1 Å². The van der Waals surface area contributed by atoms with Crippen LogP contribution in [0.25, 0.3) is 0 Å². The molecule has 1 aliphatic heterocycles. The first kappa shape index (κ1) is 26.2. The molecule has 0 aromatic carbocycles.